The Morgan fingerprint density at radius 2 is 1.50 bits per heavy atom. The van der Waals surface area contributed by atoms with Crippen molar-refractivity contribution in [2.45, 2.75) is 6.92 Å². The highest BCUT2D eigenvalue weighted by Crippen LogP contribution is 2.27. The Labute approximate surface area is 208 Å². The van der Waals surface area contributed by atoms with Gasteiger partial charge in [0.25, 0.3) is 11.5 Å². The van der Waals surface area contributed by atoms with Crippen LogP contribution >= 0.6 is 0 Å². The Morgan fingerprint density at radius 1 is 0.889 bits per heavy atom. The van der Waals surface area contributed by atoms with Gasteiger partial charge < -0.3 is 10.1 Å². The van der Waals surface area contributed by atoms with Gasteiger partial charge in [-0.3, -0.25) is 14.3 Å². The molecule has 0 unspecified atom stereocenters. The number of aromatic nitrogens is 4. The van der Waals surface area contributed by atoms with Gasteiger partial charge in [0, 0.05) is 18.8 Å². The molecule has 0 aliphatic heterocycles. The van der Waals surface area contributed by atoms with Gasteiger partial charge in [-0.2, -0.15) is 5.10 Å². The van der Waals surface area contributed by atoms with Crippen LogP contribution in [0.25, 0.3) is 22.6 Å². The first-order chi connectivity index (χ1) is 17.5. The number of amides is 1. The van der Waals surface area contributed by atoms with Crippen molar-refractivity contribution in [3.8, 4) is 28.4 Å². The van der Waals surface area contributed by atoms with Crippen LogP contribution < -0.4 is 15.6 Å². The Bertz CT molecular complexity index is 1580. The molecule has 0 spiro atoms. The van der Waals surface area contributed by atoms with Gasteiger partial charge in [0.2, 0.25) is 0 Å². The molecule has 8 nitrogen and oxygen atoms in total. The average Bonchev–Trinajstić information content (AvgIpc) is 3.46. The third-order valence-electron chi connectivity index (χ3n) is 6.14. The minimum atomic E-state index is -0.422. The predicted octanol–water partition coefficient (Wildman–Crippen LogP) is 4.60. The van der Waals surface area contributed by atoms with Crippen molar-refractivity contribution in [1.82, 2.24) is 19.1 Å². The molecule has 0 saturated heterocycles. The molecule has 1 amide bonds. The van der Waals surface area contributed by atoms with Gasteiger partial charge >= 0.3 is 0 Å². The Morgan fingerprint density at radius 3 is 2.11 bits per heavy atom. The molecule has 0 aliphatic carbocycles. The van der Waals surface area contributed by atoms with Crippen molar-refractivity contribution < 1.29 is 9.53 Å². The van der Waals surface area contributed by atoms with Crippen molar-refractivity contribution in [3.05, 3.63) is 113 Å². The third-order valence-corrected chi connectivity index (χ3v) is 6.14. The summed E-state index contributed by atoms with van der Waals surface area (Å²) in [6, 6.07) is 26.2. The van der Waals surface area contributed by atoms with Gasteiger partial charge in [-0.05, 0) is 55.5 Å². The van der Waals surface area contributed by atoms with E-state index in [0.29, 0.717) is 28.4 Å². The highest BCUT2D eigenvalue weighted by molar-refractivity contribution is 6.08. The normalized spacial score (nSPS) is 10.9. The molecule has 36 heavy (non-hydrogen) atoms. The first-order valence-electron chi connectivity index (χ1n) is 11.4. The molecule has 1 N–H and O–H groups in total. The number of anilines is 1. The van der Waals surface area contributed by atoms with Crippen LogP contribution in [0.3, 0.4) is 0 Å². The minimum Gasteiger partial charge on any atom is -0.497 e. The topological polar surface area (TPSA) is 83.1 Å². The second-order valence-corrected chi connectivity index (χ2v) is 8.29. The number of methoxy groups -OCH3 is 1. The first kappa shape index (κ1) is 22.9. The Kier molecular flexibility index (Phi) is 6.00. The number of benzene rings is 3. The van der Waals surface area contributed by atoms with Crippen LogP contribution in [0.4, 0.5) is 5.69 Å². The predicted molar refractivity (Wildman–Crippen MR) is 139 cm³/mol. The summed E-state index contributed by atoms with van der Waals surface area (Å²) in [4.78, 5) is 26.9. The number of nitrogens with zero attached hydrogens (tertiary/aromatic N) is 4. The number of rotatable bonds is 6. The fourth-order valence-electron chi connectivity index (χ4n) is 4.11. The highest BCUT2D eigenvalue weighted by Gasteiger charge is 2.23. The summed E-state index contributed by atoms with van der Waals surface area (Å²) in [7, 11) is 3.39. The van der Waals surface area contributed by atoms with E-state index >= 15 is 0 Å². The number of hydrogen-bond acceptors (Lipinski definition) is 4. The van der Waals surface area contributed by atoms with E-state index in [0.717, 1.165) is 11.3 Å². The summed E-state index contributed by atoms with van der Waals surface area (Å²) < 4.78 is 10.2. The van der Waals surface area contributed by atoms with Crippen LogP contribution in [-0.4, -0.2) is 32.2 Å². The van der Waals surface area contributed by atoms with Crippen LogP contribution in [0.2, 0.25) is 0 Å². The van der Waals surface area contributed by atoms with E-state index in [1.54, 1.807) is 36.6 Å². The summed E-state index contributed by atoms with van der Waals surface area (Å²) in [5, 5.41) is 7.56. The Balaban J connectivity index is 1.57. The molecule has 8 heteroatoms. The third kappa shape index (κ3) is 4.09. The van der Waals surface area contributed by atoms with E-state index in [2.05, 4.69) is 5.32 Å². The molecule has 0 radical (unpaired) electrons. The molecule has 5 rings (SSSR count). The zero-order valence-corrected chi connectivity index (χ0v) is 20.2. The fraction of sp³-hybridized carbons (Fsp3) is 0.107. The number of para-hydroxylation sites is 2. The van der Waals surface area contributed by atoms with Gasteiger partial charge in [-0.25, -0.2) is 9.36 Å². The maximum atomic E-state index is 13.6. The average molecular weight is 480 g/mol. The van der Waals surface area contributed by atoms with Crippen LogP contribution in [-0.2, 0) is 7.05 Å². The van der Waals surface area contributed by atoms with Crippen LogP contribution in [0.5, 0.6) is 5.75 Å². The molecule has 0 fully saturated rings. The van der Waals surface area contributed by atoms with E-state index < -0.39 is 5.91 Å². The van der Waals surface area contributed by atoms with Gasteiger partial charge in [-0.15, -0.1) is 0 Å². The zero-order valence-electron chi connectivity index (χ0n) is 20.2. The summed E-state index contributed by atoms with van der Waals surface area (Å²) in [6.45, 7) is 1.80. The van der Waals surface area contributed by atoms with Gasteiger partial charge in [-0.1, -0.05) is 36.4 Å². The second-order valence-electron chi connectivity index (χ2n) is 8.29. The second kappa shape index (κ2) is 9.42. The standard InChI is InChI=1S/C28H25N5O3/c1-19-25(28(35)33(31(19)2)22-12-8-5-9-13-22)29-27(34)24-18-32(21-10-6-4-7-11-21)30-26(24)20-14-16-23(36-3)17-15-20/h4-18H,1-3H3,(H,29,34). The number of carbonyl (C=O) groups excluding carboxylic acids is 1. The molecular formula is C28H25N5O3. The largest absolute Gasteiger partial charge is 0.497 e. The SMILES string of the molecule is COc1ccc(-c2nn(-c3ccccc3)cc2C(=O)Nc2c(C)n(C)n(-c3ccccc3)c2=O)cc1. The van der Waals surface area contributed by atoms with E-state index in [1.165, 1.54) is 4.68 Å². The van der Waals surface area contributed by atoms with E-state index in [1.807, 2.05) is 84.9 Å². The minimum absolute atomic E-state index is 0.222. The number of nitrogens with one attached hydrogen (secondary N) is 1. The molecule has 0 aliphatic rings. The van der Waals surface area contributed by atoms with Gasteiger partial charge in [0.05, 0.1) is 29.7 Å². The first-order valence-corrected chi connectivity index (χ1v) is 11.4. The van der Waals surface area contributed by atoms with Gasteiger partial charge in [0.15, 0.2) is 0 Å². The molecule has 0 atom stereocenters. The lowest BCUT2D eigenvalue weighted by Crippen LogP contribution is -2.23. The van der Waals surface area contributed by atoms with Crippen molar-refractivity contribution in [1.29, 1.82) is 0 Å². The summed E-state index contributed by atoms with van der Waals surface area (Å²) in [5.74, 6) is 0.280. The molecule has 0 saturated carbocycles. The quantitative estimate of drug-likeness (QED) is 0.386. The van der Waals surface area contributed by atoms with Crippen molar-refractivity contribution in [2.24, 2.45) is 7.05 Å². The number of carbonyl (C=O) groups is 1. The fourth-order valence-corrected chi connectivity index (χ4v) is 4.11. The molecule has 0 bridgehead atoms. The van der Waals surface area contributed by atoms with E-state index in [4.69, 9.17) is 9.84 Å². The molecule has 2 heterocycles. The van der Waals surface area contributed by atoms with Crippen LogP contribution in [0.15, 0.2) is 95.9 Å². The van der Waals surface area contributed by atoms with Crippen LogP contribution in [0, 0.1) is 6.92 Å². The summed E-state index contributed by atoms with van der Waals surface area (Å²) in [6.07, 6.45) is 1.68. The lowest BCUT2D eigenvalue weighted by atomic mass is 10.1. The maximum absolute atomic E-state index is 13.6. The van der Waals surface area contributed by atoms with E-state index in [9.17, 15) is 9.59 Å². The van der Waals surface area contributed by atoms with Gasteiger partial charge in [0.1, 0.15) is 17.1 Å². The molecule has 5 aromatic rings. The van der Waals surface area contributed by atoms with Crippen LogP contribution in [0.1, 0.15) is 16.1 Å². The highest BCUT2D eigenvalue weighted by atomic mass is 16.5. The van der Waals surface area contributed by atoms with Crippen molar-refractivity contribution >= 4 is 11.6 Å². The summed E-state index contributed by atoms with van der Waals surface area (Å²) >= 11 is 0. The number of ether oxygens (including phenoxy) is 1. The smallest absolute Gasteiger partial charge is 0.295 e. The summed E-state index contributed by atoms with van der Waals surface area (Å²) in [5.41, 5.74) is 3.67. The molecular weight excluding hydrogens is 454 g/mol. The van der Waals surface area contributed by atoms with Crippen molar-refractivity contribution in [3.63, 3.8) is 0 Å². The molecule has 2 aromatic heterocycles. The Hall–Kier alpha value is -4.85. The number of hydrogen-bond donors (Lipinski definition) is 1. The maximum Gasteiger partial charge on any atom is 0.295 e. The lowest BCUT2D eigenvalue weighted by Gasteiger charge is -2.07. The van der Waals surface area contributed by atoms with E-state index in [-0.39, 0.29) is 11.2 Å². The lowest BCUT2D eigenvalue weighted by molar-refractivity contribution is 0.102. The molecule has 180 valence electrons. The molecule has 3 aromatic carbocycles. The van der Waals surface area contributed by atoms with Crippen molar-refractivity contribution in [2.75, 3.05) is 12.4 Å². The monoisotopic (exact) mass is 479 g/mol. The zero-order chi connectivity index (χ0) is 25.2.